The van der Waals surface area contributed by atoms with E-state index < -0.39 is 0 Å². The molecule has 5 nitrogen and oxygen atoms in total. The van der Waals surface area contributed by atoms with E-state index in [-0.39, 0.29) is 18.8 Å². The molecule has 0 radical (unpaired) electrons. The Morgan fingerprint density at radius 2 is 2.00 bits per heavy atom. The average molecular weight is 362 g/mol. The topological polar surface area (TPSA) is 56.8 Å². The molecule has 3 rings (SSSR count). The van der Waals surface area contributed by atoms with Gasteiger partial charge in [0.05, 0.1) is 11.1 Å². The molecule has 1 aliphatic heterocycles. The predicted octanol–water partition coefficient (Wildman–Crippen LogP) is 3.83. The molecular weight excluding hydrogens is 342 g/mol. The molecule has 2 aromatic carbocycles. The normalized spacial score (nSPS) is 12.3. The van der Waals surface area contributed by atoms with Crippen molar-refractivity contribution in [1.82, 2.24) is 5.32 Å². The van der Waals surface area contributed by atoms with E-state index in [0.717, 1.165) is 17.1 Å². The third-order valence-electron chi connectivity index (χ3n) is 3.69. The maximum absolute atomic E-state index is 12.3. The lowest BCUT2D eigenvalue weighted by atomic mass is 10.1. The van der Waals surface area contributed by atoms with Crippen LogP contribution < -0.4 is 19.5 Å². The summed E-state index contributed by atoms with van der Waals surface area (Å²) >= 11 is 6.17. The molecular formula is C19H20ClNO4. The minimum absolute atomic E-state index is 0.0267. The quantitative estimate of drug-likeness (QED) is 0.849. The summed E-state index contributed by atoms with van der Waals surface area (Å²) in [6.45, 7) is 4.62. The highest BCUT2D eigenvalue weighted by molar-refractivity contribution is 6.32. The second-order valence-electron chi connectivity index (χ2n) is 6.01. The Morgan fingerprint density at radius 1 is 1.20 bits per heavy atom. The molecule has 1 N–H and O–H groups in total. The highest BCUT2D eigenvalue weighted by Crippen LogP contribution is 2.32. The number of fused-ring (bicyclic) bond motifs is 1. The molecule has 0 saturated heterocycles. The van der Waals surface area contributed by atoms with Gasteiger partial charge in [0.15, 0.2) is 11.5 Å². The predicted molar refractivity (Wildman–Crippen MR) is 95.8 cm³/mol. The molecule has 0 saturated carbocycles. The Labute approximate surface area is 151 Å². The zero-order chi connectivity index (χ0) is 17.8. The molecule has 0 aliphatic carbocycles. The molecule has 25 heavy (non-hydrogen) atoms. The fraction of sp³-hybridized carbons (Fsp3) is 0.316. The minimum atomic E-state index is -0.168. The summed E-state index contributed by atoms with van der Waals surface area (Å²) in [6, 6.07) is 10.8. The minimum Gasteiger partial charge on any atom is -0.489 e. The van der Waals surface area contributed by atoms with Crippen LogP contribution in [-0.2, 0) is 6.42 Å². The van der Waals surface area contributed by atoms with Gasteiger partial charge in [0, 0.05) is 12.1 Å². The third kappa shape index (κ3) is 4.37. The van der Waals surface area contributed by atoms with Crippen LogP contribution in [0.2, 0.25) is 5.02 Å². The van der Waals surface area contributed by atoms with E-state index in [4.69, 9.17) is 25.8 Å². The molecule has 1 amide bonds. The van der Waals surface area contributed by atoms with Gasteiger partial charge in [-0.25, -0.2) is 0 Å². The van der Waals surface area contributed by atoms with Crippen molar-refractivity contribution in [3.63, 3.8) is 0 Å². The molecule has 1 aliphatic rings. The first kappa shape index (κ1) is 17.4. The number of amides is 1. The van der Waals surface area contributed by atoms with Gasteiger partial charge in [0.2, 0.25) is 6.79 Å². The number of benzene rings is 2. The second-order valence-corrected chi connectivity index (χ2v) is 6.41. The molecule has 0 fully saturated rings. The van der Waals surface area contributed by atoms with E-state index in [1.54, 1.807) is 18.2 Å². The summed E-state index contributed by atoms with van der Waals surface area (Å²) in [5, 5.41) is 3.32. The largest absolute Gasteiger partial charge is 0.489 e. The van der Waals surface area contributed by atoms with E-state index in [2.05, 4.69) is 5.32 Å². The first-order valence-corrected chi connectivity index (χ1v) is 8.53. The van der Waals surface area contributed by atoms with Crippen LogP contribution in [-0.4, -0.2) is 25.3 Å². The average Bonchev–Trinajstić information content (AvgIpc) is 3.04. The Morgan fingerprint density at radius 3 is 2.76 bits per heavy atom. The van der Waals surface area contributed by atoms with E-state index in [0.29, 0.717) is 29.3 Å². The van der Waals surface area contributed by atoms with Gasteiger partial charge in [0.1, 0.15) is 5.75 Å². The van der Waals surface area contributed by atoms with E-state index >= 15 is 0 Å². The van der Waals surface area contributed by atoms with Crippen LogP contribution in [0.25, 0.3) is 0 Å². The van der Waals surface area contributed by atoms with Crippen molar-refractivity contribution in [2.75, 3.05) is 13.3 Å². The number of nitrogens with one attached hydrogen (secondary N) is 1. The van der Waals surface area contributed by atoms with Gasteiger partial charge in [-0.3, -0.25) is 4.79 Å². The van der Waals surface area contributed by atoms with Crippen molar-refractivity contribution in [3.8, 4) is 17.2 Å². The Hall–Kier alpha value is -2.40. The number of halogens is 1. The summed E-state index contributed by atoms with van der Waals surface area (Å²) < 4.78 is 16.2. The lowest BCUT2D eigenvalue weighted by molar-refractivity contribution is 0.0954. The van der Waals surface area contributed by atoms with Gasteiger partial charge < -0.3 is 19.5 Å². The van der Waals surface area contributed by atoms with Crippen LogP contribution in [0.4, 0.5) is 0 Å². The van der Waals surface area contributed by atoms with Crippen LogP contribution in [0.15, 0.2) is 36.4 Å². The van der Waals surface area contributed by atoms with Gasteiger partial charge in [-0.1, -0.05) is 17.7 Å². The summed E-state index contributed by atoms with van der Waals surface area (Å²) in [4.78, 5) is 12.3. The molecule has 0 bridgehead atoms. The van der Waals surface area contributed by atoms with Gasteiger partial charge in [-0.2, -0.15) is 0 Å². The summed E-state index contributed by atoms with van der Waals surface area (Å²) in [7, 11) is 0. The van der Waals surface area contributed by atoms with Crippen molar-refractivity contribution >= 4 is 17.5 Å². The Balaban J connectivity index is 1.55. The first-order valence-electron chi connectivity index (χ1n) is 8.16. The highest BCUT2D eigenvalue weighted by atomic mass is 35.5. The molecule has 0 atom stereocenters. The molecule has 132 valence electrons. The van der Waals surface area contributed by atoms with Gasteiger partial charge in [-0.15, -0.1) is 0 Å². The Bertz CT molecular complexity index is 776. The summed E-state index contributed by atoms with van der Waals surface area (Å²) in [5.74, 6) is 1.91. The summed E-state index contributed by atoms with van der Waals surface area (Å²) in [5.41, 5.74) is 1.58. The molecule has 0 aromatic heterocycles. The standard InChI is InChI=1S/C19H20ClNO4/c1-12(2)25-16-6-4-14(10-15(16)20)19(22)21-8-7-13-3-5-17-18(9-13)24-11-23-17/h3-6,9-10,12H,7-8,11H2,1-2H3,(H,21,22). The zero-order valence-electron chi connectivity index (χ0n) is 14.2. The second kappa shape index (κ2) is 7.66. The van der Waals surface area contributed by atoms with Gasteiger partial charge in [0.25, 0.3) is 5.91 Å². The SMILES string of the molecule is CC(C)Oc1ccc(C(=O)NCCc2ccc3c(c2)OCO3)cc1Cl. The molecule has 2 aromatic rings. The maximum Gasteiger partial charge on any atom is 0.251 e. The zero-order valence-corrected chi connectivity index (χ0v) is 14.9. The molecule has 6 heteroatoms. The number of hydrogen-bond acceptors (Lipinski definition) is 4. The highest BCUT2D eigenvalue weighted by Gasteiger charge is 2.14. The summed E-state index contributed by atoms with van der Waals surface area (Å²) in [6.07, 6.45) is 0.726. The monoisotopic (exact) mass is 361 g/mol. The fourth-order valence-electron chi connectivity index (χ4n) is 2.51. The van der Waals surface area contributed by atoms with E-state index in [1.807, 2.05) is 32.0 Å². The van der Waals surface area contributed by atoms with Crippen molar-refractivity contribution in [3.05, 3.63) is 52.5 Å². The van der Waals surface area contributed by atoms with Crippen LogP contribution in [0.1, 0.15) is 29.8 Å². The first-order chi connectivity index (χ1) is 12.0. The van der Waals surface area contributed by atoms with Crippen LogP contribution >= 0.6 is 11.6 Å². The molecule has 0 unspecified atom stereocenters. The molecule has 0 spiro atoms. The number of carbonyl (C=O) groups excluding carboxylic acids is 1. The van der Waals surface area contributed by atoms with Crippen molar-refractivity contribution in [2.45, 2.75) is 26.4 Å². The fourth-order valence-corrected chi connectivity index (χ4v) is 2.74. The van der Waals surface area contributed by atoms with Crippen LogP contribution in [0.3, 0.4) is 0 Å². The van der Waals surface area contributed by atoms with Crippen LogP contribution in [0, 0.1) is 0 Å². The molecule has 1 heterocycles. The van der Waals surface area contributed by atoms with Crippen molar-refractivity contribution < 1.29 is 19.0 Å². The lowest BCUT2D eigenvalue weighted by Crippen LogP contribution is -2.25. The van der Waals surface area contributed by atoms with Crippen molar-refractivity contribution in [2.24, 2.45) is 0 Å². The number of ether oxygens (including phenoxy) is 3. The van der Waals surface area contributed by atoms with Crippen LogP contribution in [0.5, 0.6) is 17.2 Å². The van der Waals surface area contributed by atoms with Crippen molar-refractivity contribution in [1.29, 1.82) is 0 Å². The third-order valence-corrected chi connectivity index (χ3v) is 3.99. The lowest BCUT2D eigenvalue weighted by Gasteiger charge is -2.12. The smallest absolute Gasteiger partial charge is 0.251 e. The van der Waals surface area contributed by atoms with Gasteiger partial charge in [-0.05, 0) is 56.2 Å². The number of hydrogen-bond donors (Lipinski definition) is 1. The number of carbonyl (C=O) groups is 1. The van der Waals surface area contributed by atoms with Gasteiger partial charge >= 0.3 is 0 Å². The maximum atomic E-state index is 12.3. The number of rotatable bonds is 6. The van der Waals surface area contributed by atoms with E-state index in [1.165, 1.54) is 0 Å². The van der Waals surface area contributed by atoms with E-state index in [9.17, 15) is 4.79 Å². The Kier molecular flexibility index (Phi) is 5.34.